The minimum atomic E-state index is -0.418. The van der Waals surface area contributed by atoms with Crippen molar-refractivity contribution in [3.05, 3.63) is 0 Å². The third-order valence-corrected chi connectivity index (χ3v) is 4.68. The van der Waals surface area contributed by atoms with E-state index in [2.05, 4.69) is 19.8 Å². The van der Waals surface area contributed by atoms with Gasteiger partial charge in [-0.1, -0.05) is 45.5 Å². The molecule has 1 atom stereocenters. The monoisotopic (exact) mass is 352 g/mol. The molecule has 0 aliphatic carbocycles. The molecule has 3 heteroatoms. The fourth-order valence-corrected chi connectivity index (χ4v) is 2.76. The van der Waals surface area contributed by atoms with E-state index in [4.69, 9.17) is 15.9 Å². The number of hydrogen-bond donors (Lipinski definition) is 0. The van der Waals surface area contributed by atoms with Crippen LogP contribution in [0.1, 0.15) is 92.9 Å². The van der Waals surface area contributed by atoms with Crippen molar-refractivity contribution in [2.45, 2.75) is 104 Å². The van der Waals surface area contributed by atoms with Gasteiger partial charge in [0.2, 0.25) is 0 Å². The minimum absolute atomic E-state index is 0.211. The molecule has 0 spiro atoms. The molecule has 1 unspecified atom stereocenters. The van der Waals surface area contributed by atoms with E-state index in [9.17, 15) is 4.79 Å². The van der Waals surface area contributed by atoms with Crippen LogP contribution in [0.4, 0.5) is 0 Å². The molecule has 0 saturated heterocycles. The number of terminal acetylenes is 1. The smallest absolute Gasteiger partial charge is 0.136 e. The molecular weight excluding hydrogens is 312 g/mol. The molecule has 146 valence electrons. The predicted octanol–water partition coefficient (Wildman–Crippen LogP) is 5.56. The van der Waals surface area contributed by atoms with Gasteiger partial charge in [-0.05, 0) is 47.0 Å². The Hall–Kier alpha value is -0.850. The number of ether oxygens (including phenoxy) is 2. The Morgan fingerprint density at radius 3 is 2.28 bits per heavy atom. The molecule has 0 saturated carbocycles. The van der Waals surface area contributed by atoms with E-state index in [1.807, 2.05) is 27.7 Å². The molecule has 0 bridgehead atoms. The van der Waals surface area contributed by atoms with Crippen LogP contribution in [0.2, 0.25) is 0 Å². The van der Waals surface area contributed by atoms with Gasteiger partial charge in [-0.2, -0.15) is 0 Å². The van der Waals surface area contributed by atoms with Gasteiger partial charge >= 0.3 is 0 Å². The van der Waals surface area contributed by atoms with Crippen LogP contribution in [-0.2, 0) is 14.3 Å². The van der Waals surface area contributed by atoms with Gasteiger partial charge in [-0.3, -0.25) is 4.79 Å². The minimum Gasteiger partial charge on any atom is -0.373 e. The van der Waals surface area contributed by atoms with Gasteiger partial charge in [0, 0.05) is 12.3 Å². The molecule has 0 fully saturated rings. The number of ketones is 1. The maximum atomic E-state index is 12.5. The van der Waals surface area contributed by atoms with Gasteiger partial charge in [-0.15, -0.1) is 6.42 Å². The first-order valence-electron chi connectivity index (χ1n) is 9.91. The number of carbonyl (C=O) groups excluding carboxylic acids is 1. The van der Waals surface area contributed by atoms with Crippen molar-refractivity contribution in [3.63, 3.8) is 0 Å². The van der Waals surface area contributed by atoms with Crippen LogP contribution in [-0.4, -0.2) is 30.2 Å². The van der Waals surface area contributed by atoms with E-state index in [1.54, 1.807) is 0 Å². The molecular formula is C22H40O3. The first kappa shape index (κ1) is 24.1. The quantitative estimate of drug-likeness (QED) is 0.286. The SMILES string of the molecule is C#CCOC(C)(C)COC(C)(C)CCC(=O)C(CC)CCCCCC. The summed E-state index contributed by atoms with van der Waals surface area (Å²) >= 11 is 0. The zero-order valence-corrected chi connectivity index (χ0v) is 17.5. The molecule has 0 rings (SSSR count). The van der Waals surface area contributed by atoms with Gasteiger partial charge in [0.05, 0.1) is 17.8 Å². The van der Waals surface area contributed by atoms with Crippen molar-refractivity contribution in [2.75, 3.05) is 13.2 Å². The largest absolute Gasteiger partial charge is 0.373 e. The van der Waals surface area contributed by atoms with Crippen LogP contribution in [0.3, 0.4) is 0 Å². The lowest BCUT2D eigenvalue weighted by Gasteiger charge is -2.32. The topological polar surface area (TPSA) is 35.5 Å². The van der Waals surface area contributed by atoms with Gasteiger partial charge in [0.1, 0.15) is 12.4 Å². The Morgan fingerprint density at radius 2 is 1.72 bits per heavy atom. The van der Waals surface area contributed by atoms with Crippen molar-refractivity contribution >= 4 is 5.78 Å². The maximum Gasteiger partial charge on any atom is 0.136 e. The summed E-state index contributed by atoms with van der Waals surface area (Å²) in [7, 11) is 0. The number of hydrogen-bond acceptors (Lipinski definition) is 3. The second-order valence-corrected chi connectivity index (χ2v) is 8.22. The third-order valence-electron chi connectivity index (χ3n) is 4.68. The fourth-order valence-electron chi connectivity index (χ4n) is 2.76. The summed E-state index contributed by atoms with van der Waals surface area (Å²) in [6, 6.07) is 0. The van der Waals surface area contributed by atoms with E-state index in [-0.39, 0.29) is 18.1 Å². The highest BCUT2D eigenvalue weighted by Crippen LogP contribution is 2.24. The zero-order chi connectivity index (χ0) is 19.3. The van der Waals surface area contributed by atoms with Crippen LogP contribution < -0.4 is 0 Å². The van der Waals surface area contributed by atoms with E-state index in [1.165, 1.54) is 25.7 Å². The number of Topliss-reactive ketones (excluding diaryl/α,β-unsaturated/α-hetero) is 1. The number of unbranched alkanes of at least 4 members (excludes halogenated alkanes) is 3. The fraction of sp³-hybridized carbons (Fsp3) is 0.864. The molecule has 0 aromatic carbocycles. The lowest BCUT2D eigenvalue weighted by Crippen LogP contribution is -2.37. The summed E-state index contributed by atoms with van der Waals surface area (Å²) in [4.78, 5) is 12.5. The summed E-state index contributed by atoms with van der Waals surface area (Å²) in [6.45, 7) is 13.1. The zero-order valence-electron chi connectivity index (χ0n) is 17.5. The average Bonchev–Trinajstić information content (AvgIpc) is 2.57. The number of carbonyl (C=O) groups is 1. The lowest BCUT2D eigenvalue weighted by atomic mass is 9.89. The summed E-state index contributed by atoms with van der Waals surface area (Å²) < 4.78 is 11.6. The highest BCUT2D eigenvalue weighted by atomic mass is 16.6. The standard InChI is InChI=1S/C22H40O3/c1-8-11-12-13-14-19(10-3)20(23)15-16-21(4,5)25-18-22(6,7)24-17-9-2/h2,19H,8,10-18H2,1,3-7H3. The summed E-state index contributed by atoms with van der Waals surface area (Å²) in [5.41, 5.74) is -0.758. The second kappa shape index (κ2) is 12.5. The Labute approximate surface area is 156 Å². The van der Waals surface area contributed by atoms with Crippen molar-refractivity contribution in [3.8, 4) is 12.3 Å². The van der Waals surface area contributed by atoms with Crippen molar-refractivity contribution < 1.29 is 14.3 Å². The molecule has 0 aliphatic rings. The van der Waals surface area contributed by atoms with Crippen LogP contribution in [0.5, 0.6) is 0 Å². The molecule has 0 heterocycles. The second-order valence-electron chi connectivity index (χ2n) is 8.22. The van der Waals surface area contributed by atoms with Crippen LogP contribution in [0.15, 0.2) is 0 Å². The molecule has 0 amide bonds. The van der Waals surface area contributed by atoms with Crippen molar-refractivity contribution in [1.29, 1.82) is 0 Å². The average molecular weight is 353 g/mol. The Kier molecular flexibility index (Phi) is 12.1. The van der Waals surface area contributed by atoms with Crippen LogP contribution in [0, 0.1) is 18.3 Å². The Bertz CT molecular complexity index is 404. The van der Waals surface area contributed by atoms with Gasteiger partial charge in [0.15, 0.2) is 0 Å². The first-order chi connectivity index (χ1) is 11.7. The molecule has 25 heavy (non-hydrogen) atoms. The van der Waals surface area contributed by atoms with Crippen LogP contribution in [0.25, 0.3) is 0 Å². The highest BCUT2D eigenvalue weighted by Gasteiger charge is 2.27. The van der Waals surface area contributed by atoms with Gasteiger partial charge in [0.25, 0.3) is 0 Å². The highest BCUT2D eigenvalue weighted by molar-refractivity contribution is 5.80. The van der Waals surface area contributed by atoms with E-state index in [0.717, 1.165) is 19.3 Å². The summed E-state index contributed by atoms with van der Waals surface area (Å²) in [5, 5.41) is 0. The molecule has 0 radical (unpaired) electrons. The first-order valence-corrected chi connectivity index (χ1v) is 9.91. The maximum absolute atomic E-state index is 12.5. The van der Waals surface area contributed by atoms with Gasteiger partial charge in [-0.25, -0.2) is 0 Å². The Balaban J connectivity index is 4.27. The molecule has 3 nitrogen and oxygen atoms in total. The van der Waals surface area contributed by atoms with Crippen molar-refractivity contribution in [2.24, 2.45) is 5.92 Å². The van der Waals surface area contributed by atoms with Crippen molar-refractivity contribution in [1.82, 2.24) is 0 Å². The lowest BCUT2D eigenvalue weighted by molar-refractivity contribution is -0.129. The van der Waals surface area contributed by atoms with E-state index < -0.39 is 5.60 Å². The van der Waals surface area contributed by atoms with Gasteiger partial charge < -0.3 is 9.47 Å². The summed E-state index contributed by atoms with van der Waals surface area (Å²) in [6.07, 6.45) is 13.4. The van der Waals surface area contributed by atoms with E-state index in [0.29, 0.717) is 18.8 Å². The van der Waals surface area contributed by atoms with E-state index >= 15 is 0 Å². The predicted molar refractivity (Wildman–Crippen MR) is 106 cm³/mol. The number of rotatable bonds is 15. The normalized spacial score (nSPS) is 13.5. The summed E-state index contributed by atoms with van der Waals surface area (Å²) in [5.74, 6) is 3.08. The van der Waals surface area contributed by atoms with Crippen LogP contribution >= 0.6 is 0 Å². The molecule has 0 aliphatic heterocycles. The molecule has 0 aromatic rings. The Morgan fingerprint density at radius 1 is 1.04 bits per heavy atom. The molecule has 0 N–H and O–H groups in total. The third kappa shape index (κ3) is 12.2. The molecule has 0 aromatic heterocycles.